The molecule has 8 aromatic carbocycles. The Kier molecular flexibility index (Phi) is 5.51. The quantitative estimate of drug-likeness (QED) is 0.147. The first kappa shape index (κ1) is 32.3. The van der Waals surface area contributed by atoms with E-state index >= 15 is 0 Å². The fourth-order valence-electron chi connectivity index (χ4n) is 13.6. The molecule has 0 amide bonds. The number of rotatable bonds is 1. The number of aromatic nitrogens is 2. The molecule has 5 aliphatic rings. The van der Waals surface area contributed by atoms with Crippen molar-refractivity contribution >= 4 is 66.7 Å². The lowest BCUT2D eigenvalue weighted by Crippen LogP contribution is -2.60. The van der Waals surface area contributed by atoms with Gasteiger partial charge in [-0.05, 0) is 102 Å². The lowest BCUT2D eigenvalue weighted by Gasteiger charge is -2.45. The summed E-state index contributed by atoms with van der Waals surface area (Å²) >= 11 is 0. The summed E-state index contributed by atoms with van der Waals surface area (Å²) in [5.41, 5.74) is 25.9. The van der Waals surface area contributed by atoms with E-state index < -0.39 is 5.41 Å². The Balaban J connectivity index is 1.23. The molecule has 60 heavy (non-hydrogen) atoms. The van der Waals surface area contributed by atoms with E-state index in [0.29, 0.717) is 0 Å². The molecule has 0 N–H and O–H groups in total. The van der Waals surface area contributed by atoms with Crippen LogP contribution >= 0.6 is 0 Å². The van der Waals surface area contributed by atoms with Gasteiger partial charge in [-0.25, -0.2) is 0 Å². The smallest absolute Gasteiger partial charge is 0.252 e. The highest BCUT2D eigenvalue weighted by Crippen LogP contribution is 2.62. The molecule has 3 heteroatoms. The maximum absolute atomic E-state index is 2.73. The predicted molar refractivity (Wildman–Crippen MR) is 251 cm³/mol. The Morgan fingerprint density at radius 1 is 0.417 bits per heavy atom. The molecule has 282 valence electrons. The van der Waals surface area contributed by atoms with E-state index in [4.69, 9.17) is 0 Å². The van der Waals surface area contributed by atoms with Crippen LogP contribution in [-0.4, -0.2) is 15.8 Å². The largest absolute Gasteiger partial charge is 0.310 e. The summed E-state index contributed by atoms with van der Waals surface area (Å²) in [6.45, 7) is 9.90. The molecule has 0 unspecified atom stereocenters. The average Bonchev–Trinajstić information content (AvgIpc) is 3.90. The highest BCUT2D eigenvalue weighted by Gasteiger charge is 2.54. The molecule has 0 saturated carbocycles. The van der Waals surface area contributed by atoms with Crippen LogP contribution in [0.5, 0.6) is 0 Å². The highest BCUT2D eigenvalue weighted by molar-refractivity contribution is 7.00. The SMILES string of the molecule is CC1(C)CCC(C)(C)c2cc(-c3cc4c5c6c3-n3c7ccccc7c7cccc(c73)B6c3cccc6c7cccc(c7n-5c36)C43c4ccccc4-c4ccccc43)ccc21. The fraction of sp³-hybridized carbons (Fsp3) is 0.158. The first-order valence-corrected chi connectivity index (χ1v) is 21.9. The van der Waals surface area contributed by atoms with Gasteiger partial charge in [-0.2, -0.15) is 0 Å². The molecule has 15 rings (SSSR count). The number of nitrogens with zero attached hydrogens (tertiary/aromatic N) is 2. The number of fused-ring (bicyclic) bond motifs is 15. The zero-order valence-corrected chi connectivity index (χ0v) is 34.3. The molecule has 0 saturated heterocycles. The average molecular weight is 765 g/mol. The molecule has 2 nitrogen and oxygen atoms in total. The molecule has 0 radical (unpaired) electrons. The lowest BCUT2D eigenvalue weighted by molar-refractivity contribution is 0.332. The Morgan fingerprint density at radius 3 is 1.72 bits per heavy atom. The van der Waals surface area contributed by atoms with Gasteiger partial charge in [0.25, 0.3) is 6.71 Å². The molecule has 0 fully saturated rings. The second-order valence-corrected chi connectivity index (χ2v) is 19.8. The summed E-state index contributed by atoms with van der Waals surface area (Å²) in [4.78, 5) is 0. The number of para-hydroxylation sites is 4. The summed E-state index contributed by atoms with van der Waals surface area (Å²) < 4.78 is 5.42. The second kappa shape index (κ2) is 10.2. The summed E-state index contributed by atoms with van der Waals surface area (Å²) in [7, 11) is 0. The zero-order valence-electron chi connectivity index (χ0n) is 34.3. The van der Waals surface area contributed by atoms with Gasteiger partial charge in [0, 0.05) is 43.8 Å². The standard InChI is InChI=1S/C57H41BN2/c1-55(2)28-29-56(3,4)44-30-32(26-27-42(44)55)39-31-45-54-49-53(39)59-48-25-10-7-16-35(48)36-18-12-23-46(51(36)59)58(49)47-24-13-19-38-37-17-11-22-43(50(37)60(54)52(38)47)57(45)40-20-8-5-14-33(40)34-15-6-9-21-41(34)57/h5-27,30-31H,28-29H2,1-4H3. The summed E-state index contributed by atoms with van der Waals surface area (Å²) in [6, 6.07) is 59.5. The van der Waals surface area contributed by atoms with E-state index in [2.05, 4.69) is 188 Å². The molecular formula is C57H41BN2. The zero-order chi connectivity index (χ0) is 39.6. The van der Waals surface area contributed by atoms with Crippen LogP contribution in [0.3, 0.4) is 0 Å². The Bertz CT molecular complexity index is 3640. The van der Waals surface area contributed by atoms with Crippen LogP contribution in [-0.2, 0) is 16.2 Å². The van der Waals surface area contributed by atoms with Gasteiger partial charge in [0.2, 0.25) is 0 Å². The monoisotopic (exact) mass is 764 g/mol. The van der Waals surface area contributed by atoms with Crippen molar-refractivity contribution < 1.29 is 0 Å². The van der Waals surface area contributed by atoms with E-state index in [0.717, 1.165) is 0 Å². The van der Waals surface area contributed by atoms with Gasteiger partial charge >= 0.3 is 0 Å². The van der Waals surface area contributed by atoms with Gasteiger partial charge in [0.1, 0.15) is 0 Å². The van der Waals surface area contributed by atoms with E-state index in [1.54, 1.807) is 0 Å². The van der Waals surface area contributed by atoms with Crippen LogP contribution in [0.2, 0.25) is 0 Å². The summed E-state index contributed by atoms with van der Waals surface area (Å²) in [5, 5.41) is 5.34. The van der Waals surface area contributed by atoms with Gasteiger partial charge in [-0.1, -0.05) is 167 Å². The molecule has 5 heterocycles. The van der Waals surface area contributed by atoms with Crippen molar-refractivity contribution in [3.63, 3.8) is 0 Å². The molecule has 1 spiro atoms. The van der Waals surface area contributed by atoms with Crippen molar-refractivity contribution in [3.05, 3.63) is 185 Å². The van der Waals surface area contributed by atoms with Gasteiger partial charge in [-0.15, -0.1) is 0 Å². The number of benzene rings is 8. The first-order chi connectivity index (χ1) is 29.3. The molecule has 10 aromatic rings. The minimum Gasteiger partial charge on any atom is -0.310 e. The third-order valence-corrected chi connectivity index (χ3v) is 16.2. The van der Waals surface area contributed by atoms with E-state index in [1.807, 2.05) is 0 Å². The van der Waals surface area contributed by atoms with Gasteiger partial charge < -0.3 is 9.13 Å². The minimum atomic E-state index is -0.515. The topological polar surface area (TPSA) is 9.86 Å². The van der Waals surface area contributed by atoms with Crippen molar-refractivity contribution in [1.82, 2.24) is 9.13 Å². The van der Waals surface area contributed by atoms with Crippen LogP contribution in [0, 0.1) is 0 Å². The maximum atomic E-state index is 2.73. The van der Waals surface area contributed by atoms with Gasteiger partial charge in [0.05, 0.1) is 22.1 Å². The third-order valence-electron chi connectivity index (χ3n) is 16.2. The molecule has 2 aliphatic carbocycles. The molecular weight excluding hydrogens is 723 g/mol. The normalized spacial score (nSPS) is 17.2. The first-order valence-electron chi connectivity index (χ1n) is 21.9. The van der Waals surface area contributed by atoms with Crippen LogP contribution in [0.15, 0.2) is 152 Å². The van der Waals surface area contributed by atoms with E-state index in [-0.39, 0.29) is 17.5 Å². The van der Waals surface area contributed by atoms with E-state index in [1.165, 1.54) is 140 Å². The lowest BCUT2D eigenvalue weighted by atomic mass is 9.33. The molecule has 3 aliphatic heterocycles. The number of hydrogen-bond donors (Lipinski definition) is 0. The second-order valence-electron chi connectivity index (χ2n) is 19.8. The van der Waals surface area contributed by atoms with Crippen LogP contribution in [0.25, 0.3) is 77.2 Å². The summed E-state index contributed by atoms with van der Waals surface area (Å²) in [5.74, 6) is 0. The van der Waals surface area contributed by atoms with Crippen LogP contribution in [0.1, 0.15) is 73.9 Å². The van der Waals surface area contributed by atoms with Crippen molar-refractivity contribution in [2.75, 3.05) is 0 Å². The van der Waals surface area contributed by atoms with Crippen LogP contribution in [0.4, 0.5) is 0 Å². The molecule has 0 atom stereocenters. The predicted octanol–water partition coefficient (Wildman–Crippen LogP) is 11.7. The molecule has 0 bridgehead atoms. The summed E-state index contributed by atoms with van der Waals surface area (Å²) in [6.07, 6.45) is 2.38. The Labute approximate surface area is 349 Å². The van der Waals surface area contributed by atoms with Gasteiger partial charge in [-0.3, -0.25) is 0 Å². The molecule has 2 aromatic heterocycles. The van der Waals surface area contributed by atoms with Crippen molar-refractivity contribution in [2.45, 2.75) is 56.8 Å². The Morgan fingerprint density at radius 2 is 0.983 bits per heavy atom. The minimum absolute atomic E-state index is 0.0632. The van der Waals surface area contributed by atoms with Crippen molar-refractivity contribution in [1.29, 1.82) is 0 Å². The van der Waals surface area contributed by atoms with Crippen molar-refractivity contribution in [2.24, 2.45) is 0 Å². The van der Waals surface area contributed by atoms with Gasteiger partial charge in [0.15, 0.2) is 0 Å². The maximum Gasteiger partial charge on any atom is 0.252 e. The van der Waals surface area contributed by atoms with Crippen LogP contribution < -0.4 is 16.4 Å². The highest BCUT2D eigenvalue weighted by atomic mass is 15.1. The van der Waals surface area contributed by atoms with Crippen molar-refractivity contribution in [3.8, 4) is 33.6 Å². The number of hydrogen-bond acceptors (Lipinski definition) is 0. The third kappa shape index (κ3) is 3.39. The Hall–Kier alpha value is -6.58. The fourth-order valence-corrected chi connectivity index (χ4v) is 13.6. The van der Waals surface area contributed by atoms with E-state index in [9.17, 15) is 0 Å².